The summed E-state index contributed by atoms with van der Waals surface area (Å²) in [6.07, 6.45) is 8.14. The topological polar surface area (TPSA) is 78.9 Å². The summed E-state index contributed by atoms with van der Waals surface area (Å²) < 4.78 is 2.21. The maximum absolute atomic E-state index is 11.3. The van der Waals surface area contributed by atoms with Crippen LogP contribution in [-0.4, -0.2) is 20.9 Å². The van der Waals surface area contributed by atoms with Gasteiger partial charge in [-0.2, -0.15) is 10.4 Å². The number of fused-ring (bicyclic) bond motifs is 1. The fourth-order valence-electron chi connectivity index (χ4n) is 5.01. The Morgan fingerprint density at radius 2 is 2.00 bits per heavy atom. The van der Waals surface area contributed by atoms with Gasteiger partial charge in [-0.15, -0.1) is 0 Å². The van der Waals surface area contributed by atoms with Crippen molar-refractivity contribution in [3.8, 4) is 6.07 Å². The molecule has 0 amide bonds. The van der Waals surface area contributed by atoms with E-state index >= 15 is 0 Å². The van der Waals surface area contributed by atoms with Crippen molar-refractivity contribution in [2.24, 2.45) is 5.92 Å². The highest BCUT2D eigenvalue weighted by Crippen LogP contribution is 2.43. The minimum atomic E-state index is -0.733. The number of aliphatic carboxylic acids is 1. The molecule has 1 aromatic carbocycles. The SMILES string of the molecule is CCc1nn(C2CCCC2)c2cc([C@]3(C#N)CC[C@H](C(=O)O)CC3)ccc12. The number of aromatic nitrogens is 2. The summed E-state index contributed by atoms with van der Waals surface area (Å²) in [7, 11) is 0. The Bertz CT molecular complexity index is 894. The van der Waals surface area contributed by atoms with Crippen molar-refractivity contribution in [2.75, 3.05) is 0 Å². The van der Waals surface area contributed by atoms with Crippen LogP contribution in [-0.2, 0) is 16.6 Å². The molecule has 5 nitrogen and oxygen atoms in total. The Morgan fingerprint density at radius 3 is 2.59 bits per heavy atom. The zero-order chi connectivity index (χ0) is 19.0. The Hall–Kier alpha value is -2.35. The standard InChI is InChI=1S/C22H27N3O2/c1-2-19-18-8-7-16(13-20(18)25(24-19)17-5-3-4-6-17)22(14-23)11-9-15(10-12-22)21(26)27/h7-8,13,15,17H,2-6,9-12H2,1H3,(H,26,27)/t15-,22+. The van der Waals surface area contributed by atoms with Crippen molar-refractivity contribution in [1.82, 2.24) is 9.78 Å². The van der Waals surface area contributed by atoms with Gasteiger partial charge in [0.25, 0.3) is 0 Å². The molecule has 1 N–H and O–H groups in total. The number of benzene rings is 1. The smallest absolute Gasteiger partial charge is 0.306 e. The van der Waals surface area contributed by atoms with Crippen LogP contribution >= 0.6 is 0 Å². The van der Waals surface area contributed by atoms with Gasteiger partial charge in [0.2, 0.25) is 0 Å². The molecular weight excluding hydrogens is 338 g/mol. The average molecular weight is 365 g/mol. The lowest BCUT2D eigenvalue weighted by Crippen LogP contribution is -2.32. The van der Waals surface area contributed by atoms with Crippen LogP contribution in [0, 0.1) is 17.2 Å². The van der Waals surface area contributed by atoms with E-state index in [0.717, 1.165) is 23.2 Å². The number of aryl methyl sites for hydroxylation is 1. The summed E-state index contributed by atoms with van der Waals surface area (Å²) in [5.74, 6) is -1.05. The van der Waals surface area contributed by atoms with Crippen molar-refractivity contribution in [1.29, 1.82) is 5.26 Å². The van der Waals surface area contributed by atoms with Gasteiger partial charge < -0.3 is 5.11 Å². The molecule has 4 rings (SSSR count). The van der Waals surface area contributed by atoms with E-state index in [1.165, 1.54) is 31.1 Å². The van der Waals surface area contributed by atoms with E-state index in [2.05, 4.69) is 35.9 Å². The average Bonchev–Trinajstić information content (AvgIpc) is 3.35. The predicted octanol–water partition coefficient (Wildman–Crippen LogP) is 4.75. The third-order valence-electron chi connectivity index (χ3n) is 6.74. The molecule has 1 aromatic heterocycles. The third kappa shape index (κ3) is 3.01. The van der Waals surface area contributed by atoms with Gasteiger partial charge in [0, 0.05) is 5.39 Å². The van der Waals surface area contributed by atoms with Crippen LogP contribution in [0.3, 0.4) is 0 Å². The van der Waals surface area contributed by atoms with Crippen LogP contribution in [0.2, 0.25) is 0 Å². The first-order chi connectivity index (χ1) is 13.1. The van der Waals surface area contributed by atoms with E-state index in [1.807, 2.05) is 0 Å². The first kappa shape index (κ1) is 18.0. The highest BCUT2D eigenvalue weighted by Gasteiger charge is 2.39. The summed E-state index contributed by atoms with van der Waals surface area (Å²) in [6.45, 7) is 2.14. The number of nitriles is 1. The molecular formula is C22H27N3O2. The van der Waals surface area contributed by atoms with Gasteiger partial charge in [0.15, 0.2) is 0 Å². The predicted molar refractivity (Wildman–Crippen MR) is 104 cm³/mol. The number of carboxylic acid groups (broad SMARTS) is 1. The van der Waals surface area contributed by atoms with Crippen molar-refractivity contribution >= 4 is 16.9 Å². The molecule has 0 saturated heterocycles. The number of hydrogen-bond donors (Lipinski definition) is 1. The highest BCUT2D eigenvalue weighted by atomic mass is 16.4. The van der Waals surface area contributed by atoms with Crippen molar-refractivity contribution < 1.29 is 9.90 Å². The van der Waals surface area contributed by atoms with Crippen LogP contribution in [0.15, 0.2) is 18.2 Å². The number of carbonyl (C=O) groups is 1. The second kappa shape index (κ2) is 6.99. The molecule has 0 radical (unpaired) electrons. The lowest BCUT2D eigenvalue weighted by atomic mass is 9.67. The lowest BCUT2D eigenvalue weighted by molar-refractivity contribution is -0.143. The van der Waals surface area contributed by atoms with Crippen LogP contribution < -0.4 is 0 Å². The Morgan fingerprint density at radius 1 is 1.30 bits per heavy atom. The lowest BCUT2D eigenvalue weighted by Gasteiger charge is -2.34. The molecule has 0 bridgehead atoms. The number of rotatable bonds is 4. The zero-order valence-corrected chi connectivity index (χ0v) is 15.9. The largest absolute Gasteiger partial charge is 0.481 e. The van der Waals surface area contributed by atoms with E-state index in [1.54, 1.807) is 0 Å². The van der Waals surface area contributed by atoms with Crippen LogP contribution in [0.1, 0.15) is 75.6 Å². The maximum Gasteiger partial charge on any atom is 0.306 e. The highest BCUT2D eigenvalue weighted by molar-refractivity contribution is 5.83. The van der Waals surface area contributed by atoms with Crippen LogP contribution in [0.5, 0.6) is 0 Å². The fraction of sp³-hybridized carbons (Fsp3) is 0.591. The van der Waals surface area contributed by atoms with Crippen molar-refractivity contribution in [2.45, 2.75) is 76.2 Å². The summed E-state index contributed by atoms with van der Waals surface area (Å²) >= 11 is 0. The van der Waals surface area contributed by atoms with Gasteiger partial charge >= 0.3 is 5.97 Å². The molecule has 1 heterocycles. The summed E-state index contributed by atoms with van der Waals surface area (Å²) in [5, 5.41) is 25.4. The van der Waals surface area contributed by atoms with Crippen LogP contribution in [0.4, 0.5) is 0 Å². The quantitative estimate of drug-likeness (QED) is 0.848. The molecule has 27 heavy (non-hydrogen) atoms. The summed E-state index contributed by atoms with van der Waals surface area (Å²) in [5.41, 5.74) is 2.73. The molecule has 0 aliphatic heterocycles. The first-order valence-corrected chi connectivity index (χ1v) is 10.2. The molecule has 0 spiro atoms. The summed E-state index contributed by atoms with van der Waals surface area (Å²) in [6, 6.07) is 9.38. The van der Waals surface area contributed by atoms with E-state index in [9.17, 15) is 15.2 Å². The molecule has 2 fully saturated rings. The van der Waals surface area contributed by atoms with E-state index in [4.69, 9.17) is 5.10 Å². The zero-order valence-electron chi connectivity index (χ0n) is 15.9. The fourth-order valence-corrected chi connectivity index (χ4v) is 5.01. The van der Waals surface area contributed by atoms with Crippen molar-refractivity contribution in [3.05, 3.63) is 29.5 Å². The van der Waals surface area contributed by atoms with Gasteiger partial charge in [-0.1, -0.05) is 31.9 Å². The van der Waals surface area contributed by atoms with E-state index < -0.39 is 11.4 Å². The molecule has 2 aliphatic rings. The Kier molecular flexibility index (Phi) is 4.67. The van der Waals surface area contributed by atoms with Crippen LogP contribution in [0.25, 0.3) is 10.9 Å². The van der Waals surface area contributed by atoms with E-state index in [-0.39, 0.29) is 5.92 Å². The number of carboxylic acids is 1. The molecule has 5 heteroatoms. The van der Waals surface area contributed by atoms with Crippen molar-refractivity contribution in [3.63, 3.8) is 0 Å². The van der Waals surface area contributed by atoms with Gasteiger partial charge in [-0.25, -0.2) is 0 Å². The normalized spacial score (nSPS) is 26.3. The first-order valence-electron chi connectivity index (χ1n) is 10.2. The molecule has 2 saturated carbocycles. The summed E-state index contributed by atoms with van der Waals surface area (Å²) in [4.78, 5) is 11.3. The third-order valence-corrected chi connectivity index (χ3v) is 6.74. The minimum Gasteiger partial charge on any atom is -0.481 e. The molecule has 142 valence electrons. The Labute approximate surface area is 160 Å². The van der Waals surface area contributed by atoms with Gasteiger partial charge in [0.1, 0.15) is 0 Å². The van der Waals surface area contributed by atoms with Gasteiger partial charge in [0.05, 0.1) is 34.7 Å². The van der Waals surface area contributed by atoms with Gasteiger partial charge in [-0.05, 0) is 56.6 Å². The molecule has 0 unspecified atom stereocenters. The maximum atomic E-state index is 11.3. The second-order valence-corrected chi connectivity index (χ2v) is 8.22. The molecule has 0 atom stereocenters. The number of hydrogen-bond acceptors (Lipinski definition) is 3. The molecule has 2 aliphatic carbocycles. The monoisotopic (exact) mass is 365 g/mol. The second-order valence-electron chi connectivity index (χ2n) is 8.22. The van der Waals surface area contributed by atoms with E-state index in [0.29, 0.717) is 31.7 Å². The molecule has 2 aromatic rings. The Balaban J connectivity index is 1.75. The number of nitrogens with zero attached hydrogens (tertiary/aromatic N) is 3. The minimum absolute atomic E-state index is 0.314. The van der Waals surface area contributed by atoms with Gasteiger partial charge in [-0.3, -0.25) is 9.48 Å².